The van der Waals surface area contributed by atoms with E-state index in [0.717, 1.165) is 18.6 Å². The highest BCUT2D eigenvalue weighted by molar-refractivity contribution is 9.10. The van der Waals surface area contributed by atoms with Crippen LogP contribution < -0.4 is 0 Å². The van der Waals surface area contributed by atoms with Gasteiger partial charge in [0, 0.05) is 29.0 Å². The summed E-state index contributed by atoms with van der Waals surface area (Å²) in [5.74, 6) is -0.400. The van der Waals surface area contributed by atoms with Gasteiger partial charge in [-0.05, 0) is 24.6 Å². The summed E-state index contributed by atoms with van der Waals surface area (Å²) < 4.78 is 40.2. The molecule has 1 heterocycles. The first-order chi connectivity index (χ1) is 9.84. The van der Waals surface area contributed by atoms with Crippen molar-refractivity contribution in [3.05, 3.63) is 52.0 Å². The van der Waals surface area contributed by atoms with Gasteiger partial charge in [0.1, 0.15) is 0 Å². The van der Waals surface area contributed by atoms with Crippen LogP contribution >= 0.6 is 15.9 Å². The monoisotopic (exact) mass is 360 g/mol. The molecule has 0 aliphatic heterocycles. The summed E-state index contributed by atoms with van der Waals surface area (Å²) in [7, 11) is 0. The fourth-order valence-corrected chi connectivity index (χ4v) is 2.36. The second kappa shape index (κ2) is 6.01. The van der Waals surface area contributed by atoms with Gasteiger partial charge in [-0.3, -0.25) is 4.79 Å². The predicted octanol–water partition coefficient (Wildman–Crippen LogP) is 4.31. The van der Waals surface area contributed by atoms with Crippen molar-refractivity contribution in [1.82, 2.24) is 9.55 Å². The number of benzene rings is 1. The summed E-state index contributed by atoms with van der Waals surface area (Å²) in [5, 5.41) is 0. The van der Waals surface area contributed by atoms with Crippen molar-refractivity contribution in [3.8, 4) is 0 Å². The van der Waals surface area contributed by atoms with Gasteiger partial charge in [0.25, 0.3) is 0 Å². The van der Waals surface area contributed by atoms with Crippen molar-refractivity contribution < 1.29 is 18.0 Å². The van der Waals surface area contributed by atoms with Crippen LogP contribution in [0.2, 0.25) is 0 Å². The Morgan fingerprint density at radius 2 is 2.10 bits per heavy atom. The molecule has 21 heavy (non-hydrogen) atoms. The maximum absolute atomic E-state index is 12.8. The topological polar surface area (TPSA) is 34.9 Å². The van der Waals surface area contributed by atoms with E-state index in [4.69, 9.17) is 0 Å². The summed E-state index contributed by atoms with van der Waals surface area (Å²) in [6.45, 7) is 2.52. The van der Waals surface area contributed by atoms with Gasteiger partial charge in [0.2, 0.25) is 5.78 Å². The first-order valence-corrected chi connectivity index (χ1v) is 7.06. The molecule has 0 atom stereocenters. The molecule has 0 radical (unpaired) electrons. The van der Waals surface area contributed by atoms with Crippen LogP contribution in [0.3, 0.4) is 0 Å². The predicted molar refractivity (Wildman–Crippen MR) is 75.1 cm³/mol. The van der Waals surface area contributed by atoms with Gasteiger partial charge in [0.05, 0.1) is 5.56 Å². The number of carbonyl (C=O) groups excluding carboxylic acids is 1. The lowest BCUT2D eigenvalue weighted by Gasteiger charge is -2.11. The minimum absolute atomic E-state index is 0.0478. The lowest BCUT2D eigenvalue weighted by atomic mass is 10.1. The number of alkyl halides is 3. The molecule has 112 valence electrons. The number of aryl methyl sites for hydroxylation is 1. The van der Waals surface area contributed by atoms with E-state index in [1.54, 1.807) is 10.8 Å². The van der Waals surface area contributed by atoms with E-state index < -0.39 is 17.5 Å². The number of imidazole rings is 1. The van der Waals surface area contributed by atoms with E-state index >= 15 is 0 Å². The van der Waals surface area contributed by atoms with Crippen LogP contribution in [0, 0.1) is 0 Å². The van der Waals surface area contributed by atoms with Gasteiger partial charge in [-0.1, -0.05) is 22.9 Å². The number of nitrogens with zero attached hydrogens (tertiary/aromatic N) is 2. The highest BCUT2D eigenvalue weighted by Crippen LogP contribution is 2.32. The number of carbonyl (C=O) groups is 1. The quantitative estimate of drug-likeness (QED) is 0.761. The van der Waals surface area contributed by atoms with Gasteiger partial charge in [-0.2, -0.15) is 13.2 Å². The van der Waals surface area contributed by atoms with Gasteiger partial charge < -0.3 is 4.57 Å². The van der Waals surface area contributed by atoms with E-state index in [2.05, 4.69) is 20.9 Å². The minimum atomic E-state index is -4.49. The molecule has 3 nitrogen and oxygen atoms in total. The average Bonchev–Trinajstić information content (AvgIpc) is 2.86. The summed E-state index contributed by atoms with van der Waals surface area (Å²) in [6, 6.07) is 3.00. The largest absolute Gasteiger partial charge is 0.416 e. The van der Waals surface area contributed by atoms with Crippen LogP contribution in [-0.2, 0) is 12.7 Å². The van der Waals surface area contributed by atoms with Crippen LogP contribution in [0.1, 0.15) is 35.1 Å². The van der Waals surface area contributed by atoms with Crippen LogP contribution in [-0.4, -0.2) is 15.3 Å². The summed E-state index contributed by atoms with van der Waals surface area (Å²) in [4.78, 5) is 16.4. The Bertz CT molecular complexity index is 664. The van der Waals surface area contributed by atoms with Crippen LogP contribution in [0.15, 0.2) is 35.1 Å². The van der Waals surface area contributed by atoms with E-state index in [-0.39, 0.29) is 11.4 Å². The second-order valence-electron chi connectivity index (χ2n) is 4.47. The van der Waals surface area contributed by atoms with E-state index in [9.17, 15) is 18.0 Å². The molecule has 0 spiro atoms. The highest BCUT2D eigenvalue weighted by Gasteiger charge is 2.32. The lowest BCUT2D eigenvalue weighted by molar-refractivity contribution is -0.137. The van der Waals surface area contributed by atoms with Crippen LogP contribution in [0.25, 0.3) is 0 Å². The Balaban J connectivity index is 2.45. The number of aromatic nitrogens is 2. The maximum Gasteiger partial charge on any atom is 0.416 e. The zero-order valence-electron chi connectivity index (χ0n) is 11.1. The Morgan fingerprint density at radius 3 is 2.71 bits per heavy atom. The summed E-state index contributed by atoms with van der Waals surface area (Å²) >= 11 is 3.12. The molecule has 0 bridgehead atoms. The van der Waals surface area contributed by atoms with E-state index in [1.165, 1.54) is 12.3 Å². The zero-order chi connectivity index (χ0) is 15.6. The summed E-state index contributed by atoms with van der Waals surface area (Å²) in [6.07, 6.45) is -0.600. The van der Waals surface area contributed by atoms with Crippen molar-refractivity contribution >= 4 is 21.7 Å². The first-order valence-electron chi connectivity index (χ1n) is 6.27. The molecule has 0 amide bonds. The Labute approximate surface area is 127 Å². The highest BCUT2D eigenvalue weighted by atomic mass is 79.9. The van der Waals surface area contributed by atoms with Crippen molar-refractivity contribution in [2.75, 3.05) is 0 Å². The molecule has 1 aromatic heterocycles. The molecule has 0 aliphatic rings. The Kier molecular flexibility index (Phi) is 4.51. The molecule has 0 saturated heterocycles. The smallest absolute Gasteiger partial charge is 0.328 e. The SMILES string of the molecule is CCCn1ccnc1C(=O)c1cc(C(F)(F)F)ccc1Br. The van der Waals surface area contributed by atoms with Crippen molar-refractivity contribution in [2.45, 2.75) is 26.1 Å². The van der Waals surface area contributed by atoms with Crippen LogP contribution in [0.5, 0.6) is 0 Å². The summed E-state index contributed by atoms with van der Waals surface area (Å²) in [5.41, 5.74) is -0.906. The molecule has 7 heteroatoms. The van der Waals surface area contributed by atoms with E-state index in [1.807, 2.05) is 6.92 Å². The molecule has 0 N–H and O–H groups in total. The zero-order valence-corrected chi connectivity index (χ0v) is 12.7. The first kappa shape index (κ1) is 15.8. The molecule has 2 rings (SSSR count). The average molecular weight is 361 g/mol. The molecule has 0 unspecified atom stereocenters. The van der Waals surface area contributed by atoms with Gasteiger partial charge in [-0.15, -0.1) is 0 Å². The molecule has 0 fully saturated rings. The molecule has 2 aromatic rings. The van der Waals surface area contributed by atoms with Gasteiger partial charge in [-0.25, -0.2) is 4.98 Å². The number of ketones is 1. The number of hydrogen-bond acceptors (Lipinski definition) is 2. The van der Waals surface area contributed by atoms with Crippen molar-refractivity contribution in [1.29, 1.82) is 0 Å². The third-order valence-electron chi connectivity index (χ3n) is 2.92. The third kappa shape index (κ3) is 3.34. The van der Waals surface area contributed by atoms with E-state index in [0.29, 0.717) is 11.0 Å². The molecular formula is C14H12BrF3N2O. The van der Waals surface area contributed by atoms with Crippen molar-refractivity contribution in [2.24, 2.45) is 0 Å². The fourth-order valence-electron chi connectivity index (χ4n) is 1.94. The van der Waals surface area contributed by atoms with Gasteiger partial charge in [0.15, 0.2) is 5.82 Å². The number of halogens is 4. The number of rotatable bonds is 4. The molecule has 0 saturated carbocycles. The Hall–Kier alpha value is -1.63. The third-order valence-corrected chi connectivity index (χ3v) is 3.61. The van der Waals surface area contributed by atoms with Crippen LogP contribution in [0.4, 0.5) is 13.2 Å². The molecule has 0 aliphatic carbocycles. The molecule has 1 aromatic carbocycles. The minimum Gasteiger partial charge on any atom is -0.328 e. The maximum atomic E-state index is 12.8. The van der Waals surface area contributed by atoms with Crippen molar-refractivity contribution in [3.63, 3.8) is 0 Å². The Morgan fingerprint density at radius 1 is 1.38 bits per heavy atom. The normalized spacial score (nSPS) is 11.7. The molecular weight excluding hydrogens is 349 g/mol. The van der Waals surface area contributed by atoms with Gasteiger partial charge >= 0.3 is 6.18 Å². The number of hydrogen-bond donors (Lipinski definition) is 0. The fraction of sp³-hybridized carbons (Fsp3) is 0.286. The second-order valence-corrected chi connectivity index (χ2v) is 5.32. The standard InChI is InChI=1S/C14H12BrF3N2O/c1-2-6-20-7-5-19-13(20)12(21)10-8-9(14(16,17)18)3-4-11(10)15/h3-5,7-8H,2,6H2,1H3. The lowest BCUT2D eigenvalue weighted by Crippen LogP contribution is -2.13.